The molecule has 0 aliphatic heterocycles. The van der Waals surface area contributed by atoms with Crippen molar-refractivity contribution in [3.63, 3.8) is 0 Å². The van der Waals surface area contributed by atoms with E-state index in [1.807, 2.05) is 18.2 Å². The Morgan fingerprint density at radius 1 is 0.783 bits per heavy atom. The molecule has 0 aliphatic rings. The fraction of sp³-hybridized carbons (Fsp3) is 0.220. The van der Waals surface area contributed by atoms with Gasteiger partial charge in [-0.15, -0.1) is 46.8 Å². The molecule has 0 fully saturated rings. The molecule has 0 saturated heterocycles. The van der Waals surface area contributed by atoms with E-state index < -0.39 is 20.6 Å². The number of aromatic nitrogens is 3. The zero-order valence-corrected chi connectivity index (χ0v) is 29.2. The van der Waals surface area contributed by atoms with E-state index in [4.69, 9.17) is 17.3 Å². The Labute approximate surface area is 303 Å². The molecule has 0 saturated carbocycles. The number of hydrogen-bond acceptors (Lipinski definition) is 3. The van der Waals surface area contributed by atoms with Crippen molar-refractivity contribution in [1.29, 1.82) is 0 Å². The molecule has 7 aromatic rings. The minimum Gasteiger partial charge on any atom is -0.333 e. The van der Waals surface area contributed by atoms with Crippen LogP contribution >= 0.6 is 11.3 Å². The fourth-order valence-electron chi connectivity index (χ4n) is 5.47. The van der Waals surface area contributed by atoms with Gasteiger partial charge in [-0.3, -0.25) is 16.3 Å². The molecule has 0 spiro atoms. The molecule has 0 aliphatic carbocycles. The molecule has 0 atom stereocenters. The third-order valence-corrected chi connectivity index (χ3v) is 8.58. The monoisotopic (exact) mass is 807 g/mol. The number of aryl methyl sites for hydroxylation is 3. The molecule has 7 rings (SSSR count). The van der Waals surface area contributed by atoms with E-state index in [0.717, 1.165) is 32.5 Å². The summed E-state index contributed by atoms with van der Waals surface area (Å²) in [6, 6.07) is 30.6. The minimum atomic E-state index is -2.18. The Morgan fingerprint density at radius 3 is 2.15 bits per heavy atom. The van der Waals surface area contributed by atoms with Crippen LogP contribution in [0.4, 0.5) is 0 Å². The van der Waals surface area contributed by atoms with Gasteiger partial charge in [0.15, 0.2) is 0 Å². The van der Waals surface area contributed by atoms with Gasteiger partial charge in [-0.05, 0) is 60.1 Å². The minimum absolute atomic E-state index is 0. The fourth-order valence-corrected chi connectivity index (χ4v) is 6.35. The van der Waals surface area contributed by atoms with Gasteiger partial charge in [0.2, 0.25) is 0 Å². The topological polar surface area (TPSA) is 30.7 Å². The van der Waals surface area contributed by atoms with Crippen molar-refractivity contribution in [1.82, 2.24) is 14.5 Å². The third kappa shape index (κ3) is 6.78. The molecule has 0 unspecified atom stereocenters. The van der Waals surface area contributed by atoms with E-state index in [9.17, 15) is 0 Å². The van der Waals surface area contributed by atoms with Crippen molar-refractivity contribution in [2.75, 3.05) is 0 Å². The van der Waals surface area contributed by atoms with Crippen LogP contribution in [0.5, 0.6) is 0 Å². The van der Waals surface area contributed by atoms with Crippen molar-refractivity contribution < 1.29 is 32.4 Å². The summed E-state index contributed by atoms with van der Waals surface area (Å²) in [7, 11) is 0. The normalized spacial score (nSPS) is 14.9. The van der Waals surface area contributed by atoms with Crippen LogP contribution in [-0.2, 0) is 20.1 Å². The van der Waals surface area contributed by atoms with Gasteiger partial charge in [0.25, 0.3) is 0 Å². The van der Waals surface area contributed by atoms with E-state index in [1.165, 1.54) is 52.5 Å². The zero-order chi connectivity index (χ0) is 39.2. The summed E-state index contributed by atoms with van der Waals surface area (Å²) < 4.78 is 70.2. The second-order valence-corrected chi connectivity index (χ2v) is 12.4. The first-order valence-electron chi connectivity index (χ1n) is 19.4. The molecule has 3 heterocycles. The van der Waals surface area contributed by atoms with Crippen LogP contribution in [0.15, 0.2) is 97.2 Å². The average Bonchev–Trinajstić information content (AvgIpc) is 3.71. The third-order valence-electron chi connectivity index (χ3n) is 7.72. The van der Waals surface area contributed by atoms with Crippen molar-refractivity contribution in [3.8, 4) is 28.3 Å². The van der Waals surface area contributed by atoms with Gasteiger partial charge >= 0.3 is 0 Å². The van der Waals surface area contributed by atoms with Crippen LogP contribution in [0.1, 0.15) is 79.7 Å². The van der Waals surface area contributed by atoms with Gasteiger partial charge in [0, 0.05) is 44.3 Å². The van der Waals surface area contributed by atoms with Crippen LogP contribution in [0, 0.1) is 32.0 Å². The SMILES string of the molecule is [2H]C([2H])([2H])c1c[c-]c(-c2ccc(C([2H])([2H])[2H])cn2)cc1.[2H]C([2H])([2H])c1ccc2c(-c3nc4ccccc4n3-c3c(C(C)C)cccc3C(C)C)[c-]sc2c1.[Ir]. The maximum Gasteiger partial charge on any atom is 0.0774 e. The summed E-state index contributed by atoms with van der Waals surface area (Å²) in [5.41, 5.74) is 8.52. The van der Waals surface area contributed by atoms with E-state index in [2.05, 4.69) is 79.0 Å². The molecule has 0 N–H and O–H groups in total. The Balaban J connectivity index is 0.000000237. The molecule has 3 aromatic heterocycles. The summed E-state index contributed by atoms with van der Waals surface area (Å²) >= 11 is 1.45. The predicted octanol–water partition coefficient (Wildman–Crippen LogP) is 11.4. The molecule has 46 heavy (non-hydrogen) atoms. The molecule has 1 radical (unpaired) electrons. The first-order valence-corrected chi connectivity index (χ1v) is 15.7. The van der Waals surface area contributed by atoms with Gasteiger partial charge in [0.1, 0.15) is 0 Å². The van der Waals surface area contributed by atoms with Crippen molar-refractivity contribution in [3.05, 3.63) is 136 Å². The summed E-state index contributed by atoms with van der Waals surface area (Å²) in [4.78, 5) is 9.16. The van der Waals surface area contributed by atoms with Crippen LogP contribution in [0.25, 0.3) is 49.5 Å². The van der Waals surface area contributed by atoms with Crippen LogP contribution in [-0.4, -0.2) is 14.5 Å². The summed E-state index contributed by atoms with van der Waals surface area (Å²) in [6.45, 7) is 2.44. The Bertz CT molecular complexity index is 2320. The number of nitrogens with zero attached hydrogens (tertiary/aromatic N) is 3. The molecule has 3 nitrogen and oxygen atoms in total. The Morgan fingerprint density at radius 2 is 1.50 bits per heavy atom. The van der Waals surface area contributed by atoms with Crippen LogP contribution in [0.3, 0.4) is 0 Å². The van der Waals surface area contributed by atoms with Crippen molar-refractivity contribution in [2.45, 2.75) is 60.1 Å². The van der Waals surface area contributed by atoms with E-state index in [1.54, 1.807) is 24.3 Å². The van der Waals surface area contributed by atoms with E-state index >= 15 is 0 Å². The maximum absolute atomic E-state index is 7.78. The average molecular weight is 807 g/mol. The first kappa shape index (κ1) is 23.4. The predicted molar refractivity (Wildman–Crippen MR) is 192 cm³/mol. The number of para-hydroxylation sites is 3. The quantitative estimate of drug-likeness (QED) is 0.162. The number of fused-ring (bicyclic) bond motifs is 2. The van der Waals surface area contributed by atoms with E-state index in [-0.39, 0.29) is 31.2 Å². The molecule has 5 heteroatoms. The number of benzene rings is 4. The number of rotatable bonds is 5. The zero-order valence-electron chi connectivity index (χ0n) is 35.0. The Kier molecular flexibility index (Phi) is 7.26. The number of thiophene rings is 1. The van der Waals surface area contributed by atoms with Gasteiger partial charge in [-0.2, -0.15) is 0 Å². The van der Waals surface area contributed by atoms with Gasteiger partial charge in [-0.25, -0.2) is 0 Å². The number of pyridine rings is 1. The molecule has 0 amide bonds. The summed E-state index contributed by atoms with van der Waals surface area (Å²) in [5.74, 6) is 1.52. The number of imidazole rings is 1. The largest absolute Gasteiger partial charge is 0.333 e. The molecule has 0 bridgehead atoms. The smallest absolute Gasteiger partial charge is 0.0774 e. The Hall–Kier alpha value is -3.89. The van der Waals surface area contributed by atoms with Gasteiger partial charge in [-0.1, -0.05) is 110 Å². The van der Waals surface area contributed by atoms with Crippen molar-refractivity contribution >= 4 is 32.5 Å². The molecular weight excluding hydrogens is 759 g/mol. The van der Waals surface area contributed by atoms with Gasteiger partial charge < -0.3 is 9.55 Å². The van der Waals surface area contributed by atoms with Crippen LogP contribution < -0.4 is 0 Å². The molecular formula is C41H39IrN3S-2. The second-order valence-electron chi connectivity index (χ2n) is 11.6. The van der Waals surface area contributed by atoms with Crippen molar-refractivity contribution in [2.24, 2.45) is 0 Å². The maximum atomic E-state index is 7.78. The number of hydrogen-bond donors (Lipinski definition) is 0. The second kappa shape index (κ2) is 14.3. The molecule has 235 valence electrons. The first-order chi connectivity index (χ1) is 25.3. The summed E-state index contributed by atoms with van der Waals surface area (Å²) in [6.07, 6.45) is 1.30. The van der Waals surface area contributed by atoms with Crippen LogP contribution in [0.2, 0.25) is 0 Å². The standard InChI is InChI=1S/C28H27N2S.C13H12N.Ir/c1-17(2)20-9-8-10-21(18(3)4)27(20)30-25-12-7-6-11-24(25)29-28(30)23-16-31-26-15-19(5)13-14-22(23)26;1-10-3-6-12(7-4-10)13-8-5-11(2)9-14-13;/h6-15,17-18H,1-5H3;3-6,8-9H,1-2H3;/q2*-1;/i5D3;1D3,2D3;. The summed E-state index contributed by atoms with van der Waals surface area (Å²) in [5, 5.41) is 4.43. The van der Waals surface area contributed by atoms with Gasteiger partial charge in [0.05, 0.1) is 16.9 Å². The van der Waals surface area contributed by atoms with E-state index in [0.29, 0.717) is 28.7 Å². The molecule has 4 aromatic carbocycles.